The van der Waals surface area contributed by atoms with Gasteiger partial charge in [0.2, 0.25) is 5.28 Å². The molecule has 23 heavy (non-hydrogen) atoms. The van der Waals surface area contributed by atoms with Gasteiger partial charge in [0, 0.05) is 0 Å². The van der Waals surface area contributed by atoms with E-state index in [1.807, 2.05) is 6.07 Å². The molecule has 3 aromatic rings. The lowest BCUT2D eigenvalue weighted by Gasteiger charge is -2.11. The number of nitrogens with zero attached hydrogens (tertiary/aromatic N) is 3. The molecule has 1 heterocycles. The second-order valence-electron chi connectivity index (χ2n) is 4.90. The Labute approximate surface area is 137 Å². The fourth-order valence-electron chi connectivity index (χ4n) is 2.43. The van der Waals surface area contributed by atoms with Gasteiger partial charge in [0.15, 0.2) is 0 Å². The van der Waals surface area contributed by atoms with E-state index in [1.54, 1.807) is 36.4 Å². The zero-order valence-electron chi connectivity index (χ0n) is 12.3. The van der Waals surface area contributed by atoms with Crippen LogP contribution in [0.1, 0.15) is 11.1 Å². The van der Waals surface area contributed by atoms with Crippen molar-refractivity contribution < 1.29 is 4.74 Å². The van der Waals surface area contributed by atoms with Crippen LogP contribution in [0.25, 0.3) is 10.9 Å². The number of ether oxygens (including phenoxy) is 1. The van der Waals surface area contributed by atoms with Crippen molar-refractivity contribution in [3.05, 3.63) is 69.2 Å². The van der Waals surface area contributed by atoms with Crippen LogP contribution in [0.4, 0.5) is 0 Å². The molecule has 0 aliphatic carbocycles. The number of hydrogen-bond acceptors (Lipinski definition) is 4. The van der Waals surface area contributed by atoms with Crippen molar-refractivity contribution in [2.24, 2.45) is 0 Å². The van der Waals surface area contributed by atoms with Crippen LogP contribution >= 0.6 is 11.6 Å². The monoisotopic (exact) mass is 325 g/mol. The molecule has 0 fully saturated rings. The number of para-hydroxylation sites is 1. The van der Waals surface area contributed by atoms with E-state index >= 15 is 0 Å². The summed E-state index contributed by atoms with van der Waals surface area (Å²) in [6.45, 7) is 0.182. The first-order chi connectivity index (χ1) is 11.2. The second kappa shape index (κ2) is 6.11. The number of hydrogen-bond donors (Lipinski definition) is 0. The Kier molecular flexibility index (Phi) is 4.00. The van der Waals surface area contributed by atoms with E-state index in [0.717, 1.165) is 0 Å². The van der Waals surface area contributed by atoms with Crippen LogP contribution in [-0.2, 0) is 6.54 Å². The number of benzene rings is 2. The van der Waals surface area contributed by atoms with Crippen LogP contribution in [0.3, 0.4) is 0 Å². The lowest BCUT2D eigenvalue weighted by Crippen LogP contribution is -2.23. The Hall–Kier alpha value is -2.84. The van der Waals surface area contributed by atoms with Gasteiger partial charge < -0.3 is 4.74 Å². The molecule has 6 heteroatoms. The van der Waals surface area contributed by atoms with Gasteiger partial charge in [0.25, 0.3) is 5.56 Å². The molecule has 5 nitrogen and oxygen atoms in total. The Balaban J connectivity index is 2.20. The second-order valence-corrected chi connectivity index (χ2v) is 5.24. The Morgan fingerprint density at radius 2 is 2.04 bits per heavy atom. The molecule has 0 atom stereocenters. The summed E-state index contributed by atoms with van der Waals surface area (Å²) < 4.78 is 6.57. The maximum absolute atomic E-state index is 12.7. The smallest absolute Gasteiger partial charge is 0.262 e. The molecular formula is C17H12ClN3O2. The fraction of sp³-hybridized carbons (Fsp3) is 0.118. The molecule has 1 aromatic heterocycles. The summed E-state index contributed by atoms with van der Waals surface area (Å²) in [5.74, 6) is 0.492. The third kappa shape index (κ3) is 2.65. The van der Waals surface area contributed by atoms with Gasteiger partial charge in [-0.3, -0.25) is 9.36 Å². The molecule has 0 bridgehead atoms. The topological polar surface area (TPSA) is 67.9 Å². The van der Waals surface area contributed by atoms with Gasteiger partial charge in [-0.1, -0.05) is 24.3 Å². The average Bonchev–Trinajstić information content (AvgIpc) is 2.58. The molecule has 114 valence electrons. The van der Waals surface area contributed by atoms with Crippen LogP contribution < -0.4 is 10.3 Å². The first-order valence-corrected chi connectivity index (χ1v) is 7.24. The summed E-state index contributed by atoms with van der Waals surface area (Å²) in [4.78, 5) is 17.0. The lowest BCUT2D eigenvalue weighted by atomic mass is 10.1. The van der Waals surface area contributed by atoms with Crippen molar-refractivity contribution in [1.82, 2.24) is 9.55 Å². The summed E-state index contributed by atoms with van der Waals surface area (Å²) in [5, 5.41) is 9.65. The van der Waals surface area contributed by atoms with E-state index in [4.69, 9.17) is 16.3 Å². The SMILES string of the molecule is COc1cccc2c(=O)n(Cc3ccccc3C#N)c(Cl)nc12. The van der Waals surface area contributed by atoms with Crippen molar-refractivity contribution >= 4 is 22.5 Å². The zero-order chi connectivity index (χ0) is 16.4. The van der Waals surface area contributed by atoms with Crippen molar-refractivity contribution in [2.45, 2.75) is 6.54 Å². The number of fused-ring (bicyclic) bond motifs is 1. The highest BCUT2D eigenvalue weighted by atomic mass is 35.5. The number of nitriles is 1. The minimum Gasteiger partial charge on any atom is -0.494 e. The van der Waals surface area contributed by atoms with Crippen molar-refractivity contribution in [3.63, 3.8) is 0 Å². The summed E-state index contributed by atoms with van der Waals surface area (Å²) in [6, 6.07) is 14.3. The van der Waals surface area contributed by atoms with Crippen molar-refractivity contribution in [1.29, 1.82) is 5.26 Å². The van der Waals surface area contributed by atoms with Crippen molar-refractivity contribution in [2.75, 3.05) is 7.11 Å². The van der Waals surface area contributed by atoms with Gasteiger partial charge >= 0.3 is 0 Å². The standard InChI is InChI=1S/C17H12ClN3O2/c1-23-14-8-4-7-13-15(14)20-17(18)21(16(13)22)10-12-6-3-2-5-11(12)9-19/h2-8H,10H2,1H3. The summed E-state index contributed by atoms with van der Waals surface area (Å²) in [6.07, 6.45) is 0. The molecule has 0 radical (unpaired) electrons. The molecular weight excluding hydrogens is 314 g/mol. The number of halogens is 1. The highest BCUT2D eigenvalue weighted by molar-refractivity contribution is 6.28. The van der Waals surface area contributed by atoms with Gasteiger partial charge in [0.05, 0.1) is 30.7 Å². The maximum Gasteiger partial charge on any atom is 0.262 e. The molecule has 0 saturated heterocycles. The zero-order valence-corrected chi connectivity index (χ0v) is 13.0. The van der Waals surface area contributed by atoms with E-state index in [9.17, 15) is 10.1 Å². The fourth-order valence-corrected chi connectivity index (χ4v) is 2.65. The Bertz CT molecular complexity index is 989. The maximum atomic E-state index is 12.7. The minimum absolute atomic E-state index is 0.0553. The predicted molar refractivity (Wildman–Crippen MR) is 87.8 cm³/mol. The van der Waals surface area contributed by atoms with Crippen LogP contribution in [0, 0.1) is 11.3 Å². The Morgan fingerprint density at radius 3 is 2.78 bits per heavy atom. The first kappa shape index (κ1) is 15.1. The van der Waals surface area contributed by atoms with E-state index in [0.29, 0.717) is 27.8 Å². The molecule has 0 amide bonds. The Morgan fingerprint density at radius 1 is 1.26 bits per heavy atom. The third-order valence-corrected chi connectivity index (χ3v) is 3.88. The summed E-state index contributed by atoms with van der Waals surface area (Å²) in [5.41, 5.74) is 1.37. The molecule has 0 aliphatic rings. The van der Waals surface area contributed by atoms with E-state index in [2.05, 4.69) is 11.1 Å². The highest BCUT2D eigenvalue weighted by Gasteiger charge is 2.14. The van der Waals surface area contributed by atoms with Gasteiger partial charge in [-0.25, -0.2) is 4.98 Å². The van der Waals surface area contributed by atoms with Crippen LogP contribution in [0.2, 0.25) is 5.28 Å². The molecule has 0 aliphatic heterocycles. The van der Waals surface area contributed by atoms with E-state index < -0.39 is 0 Å². The van der Waals surface area contributed by atoms with E-state index in [-0.39, 0.29) is 17.4 Å². The van der Waals surface area contributed by atoms with Crippen molar-refractivity contribution in [3.8, 4) is 11.8 Å². The molecule has 0 spiro atoms. The molecule has 3 rings (SSSR count). The molecule has 0 unspecified atom stereocenters. The van der Waals surface area contributed by atoms with Gasteiger partial charge in [0.1, 0.15) is 11.3 Å². The third-order valence-electron chi connectivity index (χ3n) is 3.59. The normalized spacial score (nSPS) is 10.5. The van der Waals surface area contributed by atoms with Crippen LogP contribution in [-0.4, -0.2) is 16.7 Å². The van der Waals surface area contributed by atoms with Crippen LogP contribution in [0.5, 0.6) is 5.75 Å². The number of rotatable bonds is 3. The highest BCUT2D eigenvalue weighted by Crippen LogP contribution is 2.23. The summed E-state index contributed by atoms with van der Waals surface area (Å²) >= 11 is 6.20. The van der Waals surface area contributed by atoms with Crippen LogP contribution in [0.15, 0.2) is 47.3 Å². The quantitative estimate of drug-likeness (QED) is 0.694. The largest absolute Gasteiger partial charge is 0.494 e. The molecule has 0 N–H and O–H groups in total. The lowest BCUT2D eigenvalue weighted by molar-refractivity contribution is 0.418. The predicted octanol–water partition coefficient (Wildman–Crippen LogP) is 2.98. The van der Waals surface area contributed by atoms with Gasteiger partial charge in [-0.05, 0) is 35.4 Å². The minimum atomic E-state index is -0.272. The average molecular weight is 326 g/mol. The number of methoxy groups -OCH3 is 1. The van der Waals surface area contributed by atoms with E-state index in [1.165, 1.54) is 11.7 Å². The summed E-state index contributed by atoms with van der Waals surface area (Å²) in [7, 11) is 1.51. The first-order valence-electron chi connectivity index (χ1n) is 6.86. The van der Waals surface area contributed by atoms with Gasteiger partial charge in [-0.2, -0.15) is 5.26 Å². The van der Waals surface area contributed by atoms with Gasteiger partial charge in [-0.15, -0.1) is 0 Å². The number of aromatic nitrogens is 2. The molecule has 2 aromatic carbocycles. The molecule has 0 saturated carbocycles.